The Morgan fingerprint density at radius 2 is 1.68 bits per heavy atom. The molecule has 5 nitrogen and oxygen atoms in total. The van der Waals surface area contributed by atoms with Gasteiger partial charge >= 0.3 is 0 Å². The van der Waals surface area contributed by atoms with E-state index in [9.17, 15) is 9.18 Å². The number of methoxy groups -OCH3 is 3. The number of allylic oxidation sites excluding steroid dienone is 3. The van der Waals surface area contributed by atoms with Gasteiger partial charge in [0.15, 0.2) is 17.3 Å². The van der Waals surface area contributed by atoms with Gasteiger partial charge in [-0.1, -0.05) is 18.2 Å². The van der Waals surface area contributed by atoms with Crippen LogP contribution in [0.5, 0.6) is 11.5 Å². The number of carbonyl (C=O) groups excluding carboxylic acids is 1. The Labute approximate surface area is 164 Å². The summed E-state index contributed by atoms with van der Waals surface area (Å²) in [6.45, 7) is 3.79. The molecule has 0 fully saturated rings. The van der Waals surface area contributed by atoms with Crippen molar-refractivity contribution in [1.82, 2.24) is 0 Å². The van der Waals surface area contributed by atoms with Crippen LogP contribution in [0, 0.1) is 5.82 Å². The van der Waals surface area contributed by atoms with Crippen molar-refractivity contribution in [1.29, 1.82) is 0 Å². The second kappa shape index (κ2) is 9.60. The standard InChI is InChI=1S/C22H23FO5/c1-14(10-21(28-13-24)15(2)25-3)16-6-8-18(19(23)11-16)17-7-9-20(26-4)22(12-17)27-5/h6-13H,1-5H3/b14-10+,21-15-. The lowest BCUT2D eigenvalue weighted by atomic mass is 9.99. The van der Waals surface area contributed by atoms with E-state index in [-0.39, 0.29) is 11.6 Å². The minimum atomic E-state index is -0.386. The van der Waals surface area contributed by atoms with Crippen LogP contribution in [0.4, 0.5) is 4.39 Å². The zero-order valence-corrected chi connectivity index (χ0v) is 16.5. The fourth-order valence-electron chi connectivity index (χ4n) is 2.65. The largest absolute Gasteiger partial charge is 0.498 e. The van der Waals surface area contributed by atoms with Crippen molar-refractivity contribution in [2.24, 2.45) is 0 Å². The fraction of sp³-hybridized carbons (Fsp3) is 0.227. The molecule has 2 aromatic rings. The van der Waals surface area contributed by atoms with Crippen LogP contribution >= 0.6 is 0 Å². The summed E-state index contributed by atoms with van der Waals surface area (Å²) in [4.78, 5) is 10.7. The normalized spacial score (nSPS) is 12.1. The lowest BCUT2D eigenvalue weighted by molar-refractivity contribution is -0.125. The third-order valence-electron chi connectivity index (χ3n) is 4.29. The molecule has 0 unspecified atom stereocenters. The summed E-state index contributed by atoms with van der Waals surface area (Å²) < 4.78 is 35.3. The molecule has 0 aliphatic heterocycles. The molecule has 0 atom stereocenters. The van der Waals surface area contributed by atoms with Crippen LogP contribution in [0.25, 0.3) is 16.7 Å². The topological polar surface area (TPSA) is 54.0 Å². The lowest BCUT2D eigenvalue weighted by Gasteiger charge is -2.12. The predicted octanol–water partition coefficient (Wildman–Crippen LogP) is 4.96. The van der Waals surface area contributed by atoms with Gasteiger partial charge in [0.1, 0.15) is 11.6 Å². The molecule has 0 spiro atoms. The molecule has 0 radical (unpaired) electrons. The highest BCUT2D eigenvalue weighted by Crippen LogP contribution is 2.34. The number of rotatable bonds is 8. The number of carbonyl (C=O) groups is 1. The van der Waals surface area contributed by atoms with Crippen molar-refractivity contribution < 1.29 is 28.1 Å². The third kappa shape index (κ3) is 4.71. The highest BCUT2D eigenvalue weighted by Gasteiger charge is 2.12. The quantitative estimate of drug-likeness (QED) is 0.364. The molecule has 6 heteroatoms. The second-order valence-electron chi connectivity index (χ2n) is 5.93. The summed E-state index contributed by atoms with van der Waals surface area (Å²) in [6.07, 6.45) is 1.62. The predicted molar refractivity (Wildman–Crippen MR) is 105 cm³/mol. The van der Waals surface area contributed by atoms with Gasteiger partial charge in [0.05, 0.1) is 21.3 Å². The maximum absolute atomic E-state index is 14.8. The molecule has 0 aliphatic carbocycles. The molecule has 2 rings (SSSR count). The van der Waals surface area contributed by atoms with E-state index in [0.29, 0.717) is 46.0 Å². The minimum absolute atomic E-state index is 0.263. The van der Waals surface area contributed by atoms with Crippen LogP contribution in [0.3, 0.4) is 0 Å². The van der Waals surface area contributed by atoms with Gasteiger partial charge in [-0.05, 0) is 54.8 Å². The molecule has 0 aliphatic rings. The van der Waals surface area contributed by atoms with Crippen molar-refractivity contribution in [2.75, 3.05) is 21.3 Å². The summed E-state index contributed by atoms with van der Waals surface area (Å²) in [6, 6.07) is 10.1. The van der Waals surface area contributed by atoms with Crippen LogP contribution in [-0.4, -0.2) is 27.8 Å². The molecule has 0 saturated heterocycles. The number of hydrogen-bond donors (Lipinski definition) is 0. The van der Waals surface area contributed by atoms with Crippen molar-refractivity contribution in [3.05, 3.63) is 65.4 Å². The van der Waals surface area contributed by atoms with Crippen LogP contribution in [-0.2, 0) is 14.3 Å². The Hall–Kier alpha value is -3.28. The average molecular weight is 386 g/mol. The van der Waals surface area contributed by atoms with Crippen molar-refractivity contribution in [3.8, 4) is 22.6 Å². The number of halogens is 1. The zero-order valence-electron chi connectivity index (χ0n) is 16.5. The molecular formula is C22H23FO5. The second-order valence-corrected chi connectivity index (χ2v) is 5.93. The van der Waals surface area contributed by atoms with E-state index in [1.165, 1.54) is 20.3 Å². The van der Waals surface area contributed by atoms with Crippen LogP contribution in [0.15, 0.2) is 54.0 Å². The molecule has 0 aromatic heterocycles. The van der Waals surface area contributed by atoms with Gasteiger partial charge in [0.2, 0.25) is 0 Å². The molecule has 28 heavy (non-hydrogen) atoms. The molecule has 0 amide bonds. The van der Waals surface area contributed by atoms with Gasteiger partial charge in [-0.2, -0.15) is 0 Å². The lowest BCUT2D eigenvalue weighted by Crippen LogP contribution is -1.95. The highest BCUT2D eigenvalue weighted by molar-refractivity contribution is 5.73. The van der Waals surface area contributed by atoms with E-state index >= 15 is 0 Å². The zero-order chi connectivity index (χ0) is 20.7. The van der Waals surface area contributed by atoms with Gasteiger partial charge in [-0.3, -0.25) is 4.79 Å². The monoisotopic (exact) mass is 386 g/mol. The molecule has 148 valence electrons. The summed E-state index contributed by atoms with van der Waals surface area (Å²) >= 11 is 0. The van der Waals surface area contributed by atoms with E-state index in [1.807, 2.05) is 0 Å². The first-order chi connectivity index (χ1) is 13.4. The third-order valence-corrected chi connectivity index (χ3v) is 4.29. The Kier molecular flexibility index (Phi) is 7.21. The molecule has 0 saturated carbocycles. The van der Waals surface area contributed by atoms with Crippen LogP contribution < -0.4 is 9.47 Å². The summed E-state index contributed by atoms with van der Waals surface area (Å²) in [5.74, 6) is 1.41. The first kappa shape index (κ1) is 21.0. The maximum atomic E-state index is 14.8. The molecule has 0 N–H and O–H groups in total. The van der Waals surface area contributed by atoms with E-state index in [4.69, 9.17) is 18.9 Å². The van der Waals surface area contributed by atoms with Crippen molar-refractivity contribution in [3.63, 3.8) is 0 Å². The van der Waals surface area contributed by atoms with Crippen LogP contribution in [0.1, 0.15) is 19.4 Å². The van der Waals surface area contributed by atoms with Gasteiger partial charge in [0, 0.05) is 5.56 Å². The SMILES string of the molecule is CO/C(C)=C(/C=C(\C)c1ccc(-c2ccc(OC)c(OC)c2)c(F)c1)OC=O. The number of ether oxygens (including phenoxy) is 4. The highest BCUT2D eigenvalue weighted by atomic mass is 19.1. The Morgan fingerprint density at radius 1 is 0.964 bits per heavy atom. The Bertz CT molecular complexity index is 915. The van der Waals surface area contributed by atoms with Crippen molar-refractivity contribution >= 4 is 12.0 Å². The van der Waals surface area contributed by atoms with Gasteiger partial charge in [-0.25, -0.2) is 4.39 Å². The van der Waals surface area contributed by atoms with E-state index in [2.05, 4.69) is 0 Å². The Balaban J connectivity index is 2.41. The molecular weight excluding hydrogens is 363 g/mol. The summed E-state index contributed by atoms with van der Waals surface area (Å²) in [5.41, 5.74) is 2.47. The number of benzene rings is 2. The van der Waals surface area contributed by atoms with E-state index in [1.54, 1.807) is 57.4 Å². The minimum Gasteiger partial charge on any atom is -0.498 e. The molecule has 2 aromatic carbocycles. The molecule has 0 heterocycles. The number of hydrogen-bond acceptors (Lipinski definition) is 5. The average Bonchev–Trinajstić information content (AvgIpc) is 2.72. The van der Waals surface area contributed by atoms with E-state index < -0.39 is 0 Å². The summed E-state index contributed by atoms with van der Waals surface area (Å²) in [7, 11) is 4.55. The smallest absolute Gasteiger partial charge is 0.298 e. The van der Waals surface area contributed by atoms with Crippen molar-refractivity contribution in [2.45, 2.75) is 13.8 Å². The summed E-state index contributed by atoms with van der Waals surface area (Å²) in [5, 5.41) is 0. The van der Waals surface area contributed by atoms with Gasteiger partial charge in [0.25, 0.3) is 6.47 Å². The molecule has 0 bridgehead atoms. The fourth-order valence-corrected chi connectivity index (χ4v) is 2.65. The van der Waals surface area contributed by atoms with E-state index in [0.717, 1.165) is 0 Å². The van der Waals surface area contributed by atoms with Crippen LogP contribution in [0.2, 0.25) is 0 Å². The first-order valence-electron chi connectivity index (χ1n) is 8.51. The van der Waals surface area contributed by atoms with Gasteiger partial charge in [-0.15, -0.1) is 0 Å². The first-order valence-corrected chi connectivity index (χ1v) is 8.51. The maximum Gasteiger partial charge on any atom is 0.298 e. The van der Waals surface area contributed by atoms with Gasteiger partial charge < -0.3 is 18.9 Å². The Morgan fingerprint density at radius 3 is 2.25 bits per heavy atom.